The Morgan fingerprint density at radius 3 is 2.12 bits per heavy atom. The maximum absolute atomic E-state index is 12.9. The molecule has 0 radical (unpaired) electrons. The van der Waals surface area contributed by atoms with Gasteiger partial charge in [-0.3, -0.25) is 14.4 Å². The minimum Gasteiger partial charge on any atom is -0.481 e. The zero-order valence-electron chi connectivity index (χ0n) is 34.1. The summed E-state index contributed by atoms with van der Waals surface area (Å²) in [4.78, 5) is 36.1. The van der Waals surface area contributed by atoms with Crippen LogP contribution in [-0.4, -0.2) is 35.6 Å². The third-order valence-electron chi connectivity index (χ3n) is 15.0. The van der Waals surface area contributed by atoms with Crippen molar-refractivity contribution in [3.63, 3.8) is 0 Å². The molecule has 0 aromatic heterocycles. The number of carbonyl (C=O) groups is 3. The maximum Gasteiger partial charge on any atom is 0.306 e. The van der Waals surface area contributed by atoms with Crippen molar-refractivity contribution in [1.29, 1.82) is 0 Å². The summed E-state index contributed by atoms with van der Waals surface area (Å²) in [5.41, 5.74) is 0.748. The summed E-state index contributed by atoms with van der Waals surface area (Å²) in [6.07, 6.45) is 35.2. The predicted octanol–water partition coefficient (Wildman–Crippen LogP) is 12.0. The molecule has 4 aliphatic carbocycles. The SMILES string of the molecule is CCCCCCCC/C=C/CCCCCCCC(=O)O[C@@H]1CC[C@@]2(C)C(CC[C@H]3[C@@H]4CC[C@H]([C@H](C)CCC(=O)NCCCC(=O)O)[C@@]4(C)CC[C@@H]32)C1. The van der Waals surface area contributed by atoms with E-state index in [2.05, 4.69) is 45.2 Å². The number of unbranched alkanes of at least 4 members (excludes halogenated alkanes) is 11. The number of hydrogen-bond donors (Lipinski definition) is 2. The number of fused-ring (bicyclic) bond motifs is 5. The monoisotopic (exact) mass is 726 g/mol. The largest absolute Gasteiger partial charge is 0.481 e. The predicted molar refractivity (Wildman–Crippen MR) is 213 cm³/mol. The van der Waals surface area contributed by atoms with E-state index in [0.717, 1.165) is 49.9 Å². The van der Waals surface area contributed by atoms with Crippen LogP contribution in [-0.2, 0) is 19.1 Å². The number of ether oxygens (including phenoxy) is 1. The second-order valence-corrected chi connectivity index (χ2v) is 18.5. The van der Waals surface area contributed by atoms with Crippen LogP contribution in [0, 0.1) is 46.3 Å². The number of rotatable bonds is 24. The Morgan fingerprint density at radius 2 is 1.40 bits per heavy atom. The fourth-order valence-corrected chi connectivity index (χ4v) is 12.0. The molecule has 0 bridgehead atoms. The minimum absolute atomic E-state index is 0.0372. The zero-order chi connectivity index (χ0) is 37.4. The fraction of sp³-hybridized carbons (Fsp3) is 0.891. The molecule has 0 aromatic carbocycles. The smallest absolute Gasteiger partial charge is 0.306 e. The molecule has 0 spiro atoms. The highest BCUT2D eigenvalue weighted by Crippen LogP contribution is 2.68. The third kappa shape index (κ3) is 12.3. The maximum atomic E-state index is 12.9. The Hall–Kier alpha value is -1.85. The van der Waals surface area contributed by atoms with E-state index >= 15 is 0 Å². The number of amides is 1. The number of carboxylic acids is 1. The average Bonchev–Trinajstić information content (AvgIpc) is 3.48. The van der Waals surface area contributed by atoms with E-state index in [4.69, 9.17) is 9.84 Å². The number of carbonyl (C=O) groups excluding carboxylic acids is 2. The lowest BCUT2D eigenvalue weighted by molar-refractivity contribution is -0.162. The van der Waals surface area contributed by atoms with E-state index < -0.39 is 5.97 Å². The van der Waals surface area contributed by atoms with Gasteiger partial charge >= 0.3 is 11.9 Å². The highest BCUT2D eigenvalue weighted by Gasteiger charge is 2.60. The highest BCUT2D eigenvalue weighted by atomic mass is 16.5. The number of nitrogens with one attached hydrogen (secondary N) is 1. The molecule has 4 saturated carbocycles. The van der Waals surface area contributed by atoms with Crippen molar-refractivity contribution in [2.45, 2.75) is 207 Å². The Morgan fingerprint density at radius 1 is 0.750 bits per heavy atom. The van der Waals surface area contributed by atoms with Crippen LogP contribution >= 0.6 is 0 Å². The molecule has 4 aliphatic rings. The summed E-state index contributed by atoms with van der Waals surface area (Å²) in [6, 6.07) is 0. The molecule has 298 valence electrons. The van der Waals surface area contributed by atoms with Gasteiger partial charge in [0.2, 0.25) is 5.91 Å². The van der Waals surface area contributed by atoms with Gasteiger partial charge in [-0.25, -0.2) is 0 Å². The Bertz CT molecular complexity index is 1120. The normalized spacial score (nSPS) is 31.8. The molecular formula is C46H79NO5. The van der Waals surface area contributed by atoms with Crippen LogP contribution in [0.5, 0.6) is 0 Å². The van der Waals surface area contributed by atoms with Crippen molar-refractivity contribution >= 4 is 17.8 Å². The molecule has 4 fully saturated rings. The summed E-state index contributed by atoms with van der Waals surface area (Å²) in [5, 5.41) is 11.8. The molecule has 4 rings (SSSR count). The number of carboxylic acid groups (broad SMARTS) is 1. The Balaban J connectivity index is 1.10. The molecule has 52 heavy (non-hydrogen) atoms. The first-order valence-electron chi connectivity index (χ1n) is 22.4. The van der Waals surface area contributed by atoms with E-state index in [1.165, 1.54) is 116 Å². The molecule has 1 unspecified atom stereocenters. The number of hydrogen-bond acceptors (Lipinski definition) is 4. The lowest BCUT2D eigenvalue weighted by Crippen LogP contribution is -2.54. The fourth-order valence-electron chi connectivity index (χ4n) is 12.0. The topological polar surface area (TPSA) is 92.7 Å². The number of aliphatic carboxylic acids is 1. The van der Waals surface area contributed by atoms with Crippen LogP contribution in [0.4, 0.5) is 0 Å². The molecule has 6 heteroatoms. The van der Waals surface area contributed by atoms with Crippen LogP contribution in [0.15, 0.2) is 12.2 Å². The second kappa shape index (κ2) is 21.9. The standard InChI is InChI=1S/C46H79NO5/c1-5-6-7-8-9-10-11-12-13-14-15-16-17-18-19-22-44(51)52-37-29-31-45(3)36(34-37)24-25-38-40-27-26-39(46(40,4)32-30-41(38)45)35(2)23-28-42(48)47-33-20-21-43(49)50/h12-13,35-41H,5-11,14-34H2,1-4H3,(H,47,48)(H,49,50)/b13-12+/t35-,36?,37-,38+,39-,40+,41+,45+,46-/m1/s1. The highest BCUT2D eigenvalue weighted by molar-refractivity contribution is 5.75. The first-order valence-corrected chi connectivity index (χ1v) is 22.4. The summed E-state index contributed by atoms with van der Waals surface area (Å²) in [7, 11) is 0. The summed E-state index contributed by atoms with van der Waals surface area (Å²) in [6.45, 7) is 10.3. The first-order chi connectivity index (χ1) is 25.1. The van der Waals surface area contributed by atoms with Crippen LogP contribution < -0.4 is 5.32 Å². The molecule has 2 N–H and O–H groups in total. The van der Waals surface area contributed by atoms with Crippen molar-refractivity contribution in [3.05, 3.63) is 12.2 Å². The Kier molecular flexibility index (Phi) is 18.1. The first kappa shape index (κ1) is 42.9. The van der Waals surface area contributed by atoms with Crippen molar-refractivity contribution in [1.82, 2.24) is 5.32 Å². The van der Waals surface area contributed by atoms with Gasteiger partial charge in [0, 0.05) is 25.8 Å². The summed E-state index contributed by atoms with van der Waals surface area (Å²) < 4.78 is 6.14. The van der Waals surface area contributed by atoms with E-state index in [-0.39, 0.29) is 24.4 Å². The van der Waals surface area contributed by atoms with Crippen molar-refractivity contribution in [2.75, 3.05) is 6.54 Å². The quantitative estimate of drug-likeness (QED) is 0.0587. The van der Waals surface area contributed by atoms with Gasteiger partial charge < -0.3 is 15.2 Å². The summed E-state index contributed by atoms with van der Waals surface area (Å²) in [5.74, 6) is 3.58. The van der Waals surface area contributed by atoms with Crippen molar-refractivity contribution in [3.8, 4) is 0 Å². The average molecular weight is 726 g/mol. The van der Waals surface area contributed by atoms with Crippen LogP contribution in [0.3, 0.4) is 0 Å². The van der Waals surface area contributed by atoms with Crippen molar-refractivity contribution in [2.24, 2.45) is 46.3 Å². The van der Waals surface area contributed by atoms with E-state index in [9.17, 15) is 14.4 Å². The number of esters is 1. The van der Waals surface area contributed by atoms with Gasteiger partial charge in [-0.05, 0) is 149 Å². The van der Waals surface area contributed by atoms with Crippen LogP contribution in [0.2, 0.25) is 0 Å². The molecule has 0 heterocycles. The molecule has 0 aliphatic heterocycles. The lowest BCUT2D eigenvalue weighted by Gasteiger charge is -2.61. The molecule has 0 saturated heterocycles. The lowest BCUT2D eigenvalue weighted by atomic mass is 9.44. The zero-order valence-corrected chi connectivity index (χ0v) is 34.1. The molecule has 0 aromatic rings. The summed E-state index contributed by atoms with van der Waals surface area (Å²) >= 11 is 0. The minimum atomic E-state index is -0.808. The molecule has 6 nitrogen and oxygen atoms in total. The van der Waals surface area contributed by atoms with Crippen LogP contribution in [0.1, 0.15) is 201 Å². The van der Waals surface area contributed by atoms with Gasteiger partial charge in [-0.1, -0.05) is 91.2 Å². The van der Waals surface area contributed by atoms with E-state index in [1.807, 2.05) is 0 Å². The molecule has 1 amide bonds. The van der Waals surface area contributed by atoms with E-state index in [0.29, 0.717) is 54.4 Å². The van der Waals surface area contributed by atoms with Crippen molar-refractivity contribution < 1.29 is 24.2 Å². The van der Waals surface area contributed by atoms with Gasteiger partial charge in [-0.2, -0.15) is 0 Å². The van der Waals surface area contributed by atoms with Gasteiger partial charge in [0.25, 0.3) is 0 Å². The van der Waals surface area contributed by atoms with Gasteiger partial charge in [0.05, 0.1) is 0 Å². The Labute approximate surface area is 318 Å². The third-order valence-corrected chi connectivity index (χ3v) is 15.0. The van der Waals surface area contributed by atoms with E-state index in [1.54, 1.807) is 0 Å². The number of allylic oxidation sites excluding steroid dienone is 2. The van der Waals surface area contributed by atoms with Gasteiger partial charge in [0.1, 0.15) is 6.10 Å². The second-order valence-electron chi connectivity index (χ2n) is 18.5. The van der Waals surface area contributed by atoms with Gasteiger partial charge in [0.15, 0.2) is 0 Å². The van der Waals surface area contributed by atoms with Crippen LogP contribution in [0.25, 0.3) is 0 Å². The molecular weight excluding hydrogens is 647 g/mol. The molecule has 9 atom stereocenters. The van der Waals surface area contributed by atoms with Gasteiger partial charge in [-0.15, -0.1) is 0 Å².